The van der Waals surface area contributed by atoms with Gasteiger partial charge in [-0.1, -0.05) is 11.6 Å². The van der Waals surface area contributed by atoms with Crippen molar-refractivity contribution < 1.29 is 14.3 Å². The number of likely N-dealkylation sites (tertiary alicyclic amines) is 1. The molecule has 1 fully saturated rings. The number of rotatable bonds is 3. The Morgan fingerprint density at radius 2 is 2.20 bits per heavy atom. The maximum absolute atomic E-state index is 12.5. The Balaban J connectivity index is 2.22. The van der Waals surface area contributed by atoms with Gasteiger partial charge in [0, 0.05) is 18.1 Å². The number of halogens is 1. The summed E-state index contributed by atoms with van der Waals surface area (Å²) < 4.78 is 5.19. The monoisotopic (exact) mass is 296 g/mol. The Labute approximate surface area is 122 Å². The Bertz CT molecular complexity index is 533. The summed E-state index contributed by atoms with van der Waals surface area (Å²) in [5.41, 5.74) is 5.73. The lowest BCUT2D eigenvalue weighted by atomic mass is 9.97. The van der Waals surface area contributed by atoms with E-state index in [2.05, 4.69) is 0 Å². The molecule has 0 saturated carbocycles. The number of benzene rings is 1. The molecular weight excluding hydrogens is 280 g/mol. The highest BCUT2D eigenvalue weighted by Crippen LogP contribution is 2.26. The van der Waals surface area contributed by atoms with E-state index in [1.165, 1.54) is 7.11 Å². The van der Waals surface area contributed by atoms with Gasteiger partial charge >= 0.3 is 0 Å². The van der Waals surface area contributed by atoms with Gasteiger partial charge in [-0.15, -0.1) is 0 Å². The van der Waals surface area contributed by atoms with E-state index < -0.39 is 0 Å². The van der Waals surface area contributed by atoms with Crippen LogP contribution in [0.15, 0.2) is 18.2 Å². The summed E-state index contributed by atoms with van der Waals surface area (Å²) in [5, 5.41) is 0.470. The lowest BCUT2D eigenvalue weighted by molar-refractivity contribution is -0.123. The second-order valence-corrected chi connectivity index (χ2v) is 5.27. The Morgan fingerprint density at radius 3 is 2.85 bits per heavy atom. The predicted molar refractivity (Wildman–Crippen MR) is 75.8 cm³/mol. The van der Waals surface area contributed by atoms with E-state index in [0.717, 1.165) is 12.8 Å². The molecule has 0 aliphatic carbocycles. The van der Waals surface area contributed by atoms with Gasteiger partial charge in [0.1, 0.15) is 5.75 Å². The van der Waals surface area contributed by atoms with Crippen molar-refractivity contribution in [3.8, 4) is 5.75 Å². The Kier molecular flexibility index (Phi) is 4.49. The second kappa shape index (κ2) is 6.13. The van der Waals surface area contributed by atoms with Crippen LogP contribution < -0.4 is 10.5 Å². The zero-order chi connectivity index (χ0) is 14.7. The van der Waals surface area contributed by atoms with Crippen molar-refractivity contribution in [2.75, 3.05) is 20.2 Å². The van der Waals surface area contributed by atoms with Gasteiger partial charge in [0.15, 0.2) is 0 Å². The lowest BCUT2D eigenvalue weighted by Gasteiger charge is -2.31. The number of piperidine rings is 1. The van der Waals surface area contributed by atoms with Crippen molar-refractivity contribution in [2.24, 2.45) is 11.7 Å². The molecule has 2 amide bonds. The molecule has 0 bridgehead atoms. The standard InChI is InChI=1S/C14H17ClN2O3/c1-20-12-5-4-10(15)7-11(12)14(19)17-6-2-3-9(8-17)13(16)18/h4-5,7,9H,2-3,6,8H2,1H3,(H2,16,18). The number of nitrogens with two attached hydrogens (primary N) is 1. The number of amides is 2. The summed E-state index contributed by atoms with van der Waals surface area (Å²) in [4.78, 5) is 25.4. The quantitative estimate of drug-likeness (QED) is 0.922. The third-order valence-electron chi connectivity index (χ3n) is 3.50. The molecule has 0 aromatic heterocycles. The highest BCUT2D eigenvalue weighted by molar-refractivity contribution is 6.31. The third kappa shape index (κ3) is 3.04. The van der Waals surface area contributed by atoms with Gasteiger partial charge in [-0.05, 0) is 31.0 Å². The molecule has 6 heteroatoms. The molecule has 0 spiro atoms. The zero-order valence-corrected chi connectivity index (χ0v) is 12.0. The fraction of sp³-hybridized carbons (Fsp3) is 0.429. The maximum atomic E-state index is 12.5. The summed E-state index contributed by atoms with van der Waals surface area (Å²) >= 11 is 5.94. The van der Waals surface area contributed by atoms with Crippen LogP contribution in [0.2, 0.25) is 5.02 Å². The first-order chi connectivity index (χ1) is 9.52. The highest BCUT2D eigenvalue weighted by atomic mass is 35.5. The van der Waals surface area contributed by atoms with Gasteiger partial charge in [-0.3, -0.25) is 9.59 Å². The Hall–Kier alpha value is -1.75. The number of carbonyl (C=O) groups is 2. The molecular formula is C14H17ClN2O3. The fourth-order valence-electron chi connectivity index (χ4n) is 2.41. The summed E-state index contributed by atoms with van der Waals surface area (Å²) in [5.74, 6) is -0.352. The summed E-state index contributed by atoms with van der Waals surface area (Å²) in [6, 6.07) is 4.90. The molecule has 1 unspecified atom stereocenters. The fourth-order valence-corrected chi connectivity index (χ4v) is 2.58. The highest BCUT2D eigenvalue weighted by Gasteiger charge is 2.28. The van der Waals surface area contributed by atoms with E-state index in [9.17, 15) is 9.59 Å². The van der Waals surface area contributed by atoms with Crippen LogP contribution in [0.25, 0.3) is 0 Å². The zero-order valence-electron chi connectivity index (χ0n) is 11.3. The maximum Gasteiger partial charge on any atom is 0.257 e. The Morgan fingerprint density at radius 1 is 1.45 bits per heavy atom. The van der Waals surface area contributed by atoms with Gasteiger partial charge in [-0.2, -0.15) is 0 Å². The lowest BCUT2D eigenvalue weighted by Crippen LogP contribution is -2.44. The normalized spacial score (nSPS) is 18.7. The van der Waals surface area contributed by atoms with E-state index in [1.807, 2.05) is 0 Å². The number of nitrogens with zero attached hydrogens (tertiary/aromatic N) is 1. The van der Waals surface area contributed by atoms with Crippen molar-refractivity contribution in [1.82, 2.24) is 4.90 Å². The first kappa shape index (κ1) is 14.7. The topological polar surface area (TPSA) is 72.6 Å². The molecule has 1 saturated heterocycles. The van der Waals surface area contributed by atoms with Gasteiger partial charge in [-0.25, -0.2) is 0 Å². The molecule has 1 atom stereocenters. The van der Waals surface area contributed by atoms with Crippen molar-refractivity contribution in [3.05, 3.63) is 28.8 Å². The van der Waals surface area contributed by atoms with Gasteiger partial charge in [0.25, 0.3) is 5.91 Å². The minimum absolute atomic E-state index is 0.185. The van der Waals surface area contributed by atoms with Crippen LogP contribution in [0.1, 0.15) is 23.2 Å². The van der Waals surface area contributed by atoms with Gasteiger partial charge < -0.3 is 15.4 Å². The molecule has 2 N–H and O–H groups in total. The van der Waals surface area contributed by atoms with Crippen LogP contribution in [0.5, 0.6) is 5.75 Å². The minimum Gasteiger partial charge on any atom is -0.496 e. The molecule has 108 valence electrons. The van der Waals surface area contributed by atoms with E-state index in [-0.39, 0.29) is 17.7 Å². The first-order valence-corrected chi connectivity index (χ1v) is 6.83. The molecule has 2 rings (SSSR count). The van der Waals surface area contributed by atoms with Crippen molar-refractivity contribution in [3.63, 3.8) is 0 Å². The molecule has 1 aliphatic heterocycles. The van der Waals surface area contributed by atoms with Crippen LogP contribution >= 0.6 is 11.6 Å². The molecule has 1 aromatic rings. The SMILES string of the molecule is COc1ccc(Cl)cc1C(=O)N1CCCC(C(N)=O)C1. The smallest absolute Gasteiger partial charge is 0.257 e. The van der Waals surface area contributed by atoms with E-state index >= 15 is 0 Å². The minimum atomic E-state index is -0.361. The van der Waals surface area contributed by atoms with Crippen LogP contribution in [-0.4, -0.2) is 36.9 Å². The summed E-state index contributed by atoms with van der Waals surface area (Å²) in [6.45, 7) is 0.960. The largest absolute Gasteiger partial charge is 0.496 e. The van der Waals surface area contributed by atoms with Crippen molar-refractivity contribution in [2.45, 2.75) is 12.8 Å². The second-order valence-electron chi connectivity index (χ2n) is 4.84. The number of hydrogen-bond donors (Lipinski definition) is 1. The van der Waals surface area contributed by atoms with Crippen molar-refractivity contribution >= 4 is 23.4 Å². The number of primary amides is 1. The molecule has 20 heavy (non-hydrogen) atoms. The average molecular weight is 297 g/mol. The molecule has 1 aromatic carbocycles. The molecule has 1 aliphatic rings. The van der Waals surface area contributed by atoms with Gasteiger partial charge in [0.05, 0.1) is 18.6 Å². The molecule has 1 heterocycles. The van der Waals surface area contributed by atoms with E-state index in [0.29, 0.717) is 29.4 Å². The van der Waals surface area contributed by atoms with Crippen LogP contribution in [-0.2, 0) is 4.79 Å². The average Bonchev–Trinajstić information content (AvgIpc) is 2.46. The number of hydrogen-bond acceptors (Lipinski definition) is 3. The van der Waals surface area contributed by atoms with Crippen LogP contribution in [0.4, 0.5) is 0 Å². The summed E-state index contributed by atoms with van der Waals surface area (Å²) in [7, 11) is 1.50. The number of methoxy groups -OCH3 is 1. The number of ether oxygens (including phenoxy) is 1. The third-order valence-corrected chi connectivity index (χ3v) is 3.74. The first-order valence-electron chi connectivity index (χ1n) is 6.45. The summed E-state index contributed by atoms with van der Waals surface area (Å²) in [6.07, 6.45) is 1.49. The number of carbonyl (C=O) groups excluding carboxylic acids is 2. The van der Waals surface area contributed by atoms with E-state index in [1.54, 1.807) is 23.1 Å². The molecule has 5 nitrogen and oxygen atoms in total. The van der Waals surface area contributed by atoms with E-state index in [4.69, 9.17) is 22.1 Å². The molecule has 0 radical (unpaired) electrons. The van der Waals surface area contributed by atoms with Crippen LogP contribution in [0, 0.1) is 5.92 Å². The van der Waals surface area contributed by atoms with Gasteiger partial charge in [0.2, 0.25) is 5.91 Å². The van der Waals surface area contributed by atoms with Crippen molar-refractivity contribution in [1.29, 1.82) is 0 Å². The van der Waals surface area contributed by atoms with Crippen LogP contribution in [0.3, 0.4) is 0 Å². The predicted octanol–water partition coefficient (Wildman–Crippen LogP) is 1.69.